The van der Waals surface area contributed by atoms with E-state index in [1.165, 1.54) is 5.56 Å². The molecule has 1 N–H and O–H groups in total. The summed E-state index contributed by atoms with van der Waals surface area (Å²) in [7, 11) is 1.96. The van der Waals surface area contributed by atoms with Crippen LogP contribution in [0, 0.1) is 13.8 Å². The number of nitrogens with zero attached hydrogens (tertiary/aromatic N) is 4. The Morgan fingerprint density at radius 1 is 1.19 bits per heavy atom. The van der Waals surface area contributed by atoms with Gasteiger partial charge in [0, 0.05) is 30.9 Å². The number of aromatic nitrogens is 4. The van der Waals surface area contributed by atoms with Crippen LogP contribution in [0.25, 0.3) is 0 Å². The van der Waals surface area contributed by atoms with Gasteiger partial charge in [-0.2, -0.15) is 10.2 Å². The minimum atomic E-state index is 0.108. The van der Waals surface area contributed by atoms with Crippen LogP contribution in [0.15, 0.2) is 10.7 Å². The van der Waals surface area contributed by atoms with Crippen LogP contribution in [-0.4, -0.2) is 25.1 Å². The van der Waals surface area contributed by atoms with E-state index >= 15 is 0 Å². The van der Waals surface area contributed by atoms with E-state index in [9.17, 15) is 0 Å². The summed E-state index contributed by atoms with van der Waals surface area (Å²) in [5, 5.41) is 12.5. The first-order chi connectivity index (χ1) is 9.67. The summed E-state index contributed by atoms with van der Waals surface area (Å²) in [6, 6.07) is 0. The van der Waals surface area contributed by atoms with E-state index in [4.69, 9.17) is 0 Å². The smallest absolute Gasteiger partial charge is 0.0839 e. The van der Waals surface area contributed by atoms with Crippen molar-refractivity contribution in [2.24, 2.45) is 7.05 Å². The zero-order valence-corrected chi connectivity index (χ0v) is 15.2. The highest BCUT2D eigenvalue weighted by molar-refractivity contribution is 9.10. The normalized spacial score (nSPS) is 12.1. The maximum Gasteiger partial charge on any atom is 0.0839 e. The largest absolute Gasteiger partial charge is 0.308 e. The first-order valence-corrected chi connectivity index (χ1v) is 7.92. The number of hydrogen-bond acceptors (Lipinski definition) is 3. The number of aryl methyl sites for hydroxylation is 3. The van der Waals surface area contributed by atoms with Crippen molar-refractivity contribution < 1.29 is 0 Å². The highest BCUT2D eigenvalue weighted by atomic mass is 79.9. The quantitative estimate of drug-likeness (QED) is 0.918. The third-order valence-corrected chi connectivity index (χ3v) is 4.46. The van der Waals surface area contributed by atoms with Crippen molar-refractivity contribution in [2.45, 2.75) is 53.2 Å². The van der Waals surface area contributed by atoms with Crippen molar-refractivity contribution in [1.82, 2.24) is 24.9 Å². The fourth-order valence-corrected chi connectivity index (χ4v) is 2.64. The van der Waals surface area contributed by atoms with Crippen molar-refractivity contribution >= 4 is 15.9 Å². The van der Waals surface area contributed by atoms with E-state index in [0.717, 1.165) is 28.1 Å². The van der Waals surface area contributed by atoms with Crippen molar-refractivity contribution in [2.75, 3.05) is 0 Å². The molecule has 0 amide bonds. The molecule has 0 atom stereocenters. The second kappa shape index (κ2) is 5.93. The Labute approximate surface area is 134 Å². The van der Waals surface area contributed by atoms with E-state index in [1.54, 1.807) is 0 Å². The molecule has 0 unspecified atom stereocenters. The molecular weight excluding hydrogens is 330 g/mol. The highest BCUT2D eigenvalue weighted by Gasteiger charge is 2.14. The van der Waals surface area contributed by atoms with Crippen LogP contribution in [0.5, 0.6) is 0 Å². The molecule has 0 aromatic carbocycles. The number of rotatable bonds is 4. The molecule has 2 heterocycles. The van der Waals surface area contributed by atoms with Crippen molar-refractivity contribution in [3.8, 4) is 0 Å². The molecule has 0 aliphatic rings. The minimum Gasteiger partial charge on any atom is -0.308 e. The van der Waals surface area contributed by atoms with Gasteiger partial charge in [-0.05, 0) is 50.5 Å². The lowest BCUT2D eigenvalue weighted by Crippen LogP contribution is -2.35. The van der Waals surface area contributed by atoms with Gasteiger partial charge in [-0.1, -0.05) is 0 Å². The van der Waals surface area contributed by atoms with Crippen molar-refractivity contribution in [3.05, 3.63) is 33.3 Å². The number of hydrogen-bond donors (Lipinski definition) is 1. The second-order valence-corrected chi connectivity index (χ2v) is 7.30. The van der Waals surface area contributed by atoms with Gasteiger partial charge in [0.1, 0.15) is 0 Å². The first-order valence-electron chi connectivity index (χ1n) is 7.13. The van der Waals surface area contributed by atoms with Gasteiger partial charge in [0.25, 0.3) is 0 Å². The summed E-state index contributed by atoms with van der Waals surface area (Å²) < 4.78 is 4.95. The molecule has 2 aromatic rings. The van der Waals surface area contributed by atoms with E-state index in [-0.39, 0.29) is 5.54 Å². The molecular formula is C15H24BrN5. The Morgan fingerprint density at radius 2 is 1.86 bits per heavy atom. The Kier molecular flexibility index (Phi) is 4.58. The average Bonchev–Trinajstić information content (AvgIpc) is 2.82. The van der Waals surface area contributed by atoms with E-state index in [0.29, 0.717) is 6.54 Å². The van der Waals surface area contributed by atoms with Gasteiger partial charge in [-0.3, -0.25) is 9.36 Å². The van der Waals surface area contributed by atoms with Crippen LogP contribution in [0.1, 0.15) is 43.4 Å². The van der Waals surface area contributed by atoms with Crippen LogP contribution in [0.2, 0.25) is 0 Å². The van der Waals surface area contributed by atoms with E-state index in [1.807, 2.05) is 23.3 Å². The van der Waals surface area contributed by atoms with Crippen LogP contribution in [0.3, 0.4) is 0 Å². The predicted molar refractivity (Wildman–Crippen MR) is 88.3 cm³/mol. The summed E-state index contributed by atoms with van der Waals surface area (Å²) >= 11 is 3.60. The highest BCUT2D eigenvalue weighted by Crippen LogP contribution is 2.21. The Bertz CT molecular complexity index is 633. The van der Waals surface area contributed by atoms with E-state index in [2.05, 4.69) is 65.3 Å². The van der Waals surface area contributed by atoms with Gasteiger partial charge in [0.2, 0.25) is 0 Å². The zero-order chi connectivity index (χ0) is 15.8. The minimum absolute atomic E-state index is 0.108. The summed E-state index contributed by atoms with van der Waals surface area (Å²) in [5.41, 5.74) is 4.55. The van der Waals surface area contributed by atoms with Gasteiger partial charge in [0.15, 0.2) is 0 Å². The average molecular weight is 354 g/mol. The van der Waals surface area contributed by atoms with E-state index < -0.39 is 0 Å². The summed E-state index contributed by atoms with van der Waals surface area (Å²) in [4.78, 5) is 0. The monoisotopic (exact) mass is 353 g/mol. The summed E-state index contributed by atoms with van der Waals surface area (Å²) in [6.45, 7) is 12.1. The molecule has 0 aliphatic heterocycles. The topological polar surface area (TPSA) is 47.7 Å². The molecule has 0 saturated carbocycles. The lowest BCUT2D eigenvalue weighted by atomic mass is 10.1. The molecule has 0 aliphatic carbocycles. The molecule has 0 radical (unpaired) electrons. The van der Waals surface area contributed by atoms with Crippen LogP contribution in [0.4, 0.5) is 0 Å². The molecule has 0 fully saturated rings. The van der Waals surface area contributed by atoms with Crippen LogP contribution >= 0.6 is 15.9 Å². The maximum absolute atomic E-state index is 4.61. The standard InChI is InChI=1S/C15H24BrN5/c1-10-12(7-17-15(3,4)5)8-21(19-10)9-13-14(16)11(2)18-20(13)6/h8,17H,7,9H2,1-6H3. The Hall–Kier alpha value is -1.14. The zero-order valence-electron chi connectivity index (χ0n) is 13.7. The molecule has 6 heteroatoms. The third-order valence-electron chi connectivity index (χ3n) is 3.43. The molecule has 0 bridgehead atoms. The van der Waals surface area contributed by atoms with Crippen molar-refractivity contribution in [1.29, 1.82) is 0 Å². The van der Waals surface area contributed by atoms with Gasteiger partial charge in [0.05, 0.1) is 28.1 Å². The fourth-order valence-electron chi connectivity index (χ4n) is 2.18. The Balaban J connectivity index is 2.15. The summed E-state index contributed by atoms with van der Waals surface area (Å²) in [5.74, 6) is 0. The first kappa shape index (κ1) is 16.2. The Morgan fingerprint density at radius 3 is 2.38 bits per heavy atom. The third kappa shape index (κ3) is 3.95. The molecule has 0 spiro atoms. The molecule has 5 nitrogen and oxygen atoms in total. The van der Waals surface area contributed by atoms with Crippen LogP contribution in [-0.2, 0) is 20.1 Å². The van der Waals surface area contributed by atoms with Gasteiger partial charge < -0.3 is 5.32 Å². The number of nitrogens with one attached hydrogen (secondary N) is 1. The maximum atomic E-state index is 4.61. The van der Waals surface area contributed by atoms with Crippen LogP contribution < -0.4 is 5.32 Å². The molecule has 21 heavy (non-hydrogen) atoms. The lowest BCUT2D eigenvalue weighted by Gasteiger charge is -2.20. The van der Waals surface area contributed by atoms with Gasteiger partial charge >= 0.3 is 0 Å². The lowest BCUT2D eigenvalue weighted by molar-refractivity contribution is 0.423. The van der Waals surface area contributed by atoms with Crippen molar-refractivity contribution in [3.63, 3.8) is 0 Å². The molecule has 2 aromatic heterocycles. The fraction of sp³-hybridized carbons (Fsp3) is 0.600. The summed E-state index contributed by atoms with van der Waals surface area (Å²) in [6.07, 6.45) is 2.11. The molecule has 0 saturated heterocycles. The SMILES string of the molecule is Cc1nn(Cc2c(Br)c(C)nn2C)cc1CNC(C)(C)C. The predicted octanol–water partition coefficient (Wildman–Crippen LogP) is 2.93. The van der Waals surface area contributed by atoms with Gasteiger partial charge in [-0.15, -0.1) is 0 Å². The van der Waals surface area contributed by atoms with Gasteiger partial charge in [-0.25, -0.2) is 0 Å². The molecule has 116 valence electrons. The number of halogens is 1. The molecule has 2 rings (SSSR count). The second-order valence-electron chi connectivity index (χ2n) is 6.51.